The average molecular weight is 796 g/mol. The monoisotopic (exact) mass is 795 g/mol. The second-order valence-corrected chi connectivity index (χ2v) is 16.2. The number of thiophene rings is 1. The first kappa shape index (κ1) is 36.3. The molecule has 0 aliphatic carbocycles. The lowest BCUT2D eigenvalue weighted by atomic mass is 9.96. The number of aromatic nitrogens is 3. The molecule has 0 radical (unpaired) electrons. The predicted octanol–water partition coefficient (Wildman–Crippen LogP) is 15.6. The van der Waals surface area contributed by atoms with Gasteiger partial charge in [-0.05, 0) is 73.8 Å². The van der Waals surface area contributed by atoms with Crippen molar-refractivity contribution in [2.45, 2.75) is 0 Å². The highest BCUT2D eigenvalue weighted by molar-refractivity contribution is 7.26. The summed E-state index contributed by atoms with van der Waals surface area (Å²) in [6, 6.07) is 79.3. The maximum Gasteiger partial charge on any atom is 0.164 e. The summed E-state index contributed by atoms with van der Waals surface area (Å²) in [4.78, 5) is 15.4. The maximum atomic E-state index is 5.16. The third-order valence-electron chi connectivity index (χ3n) is 11.4. The lowest BCUT2D eigenvalue weighted by Crippen LogP contribution is -2.01. The van der Waals surface area contributed by atoms with Crippen LogP contribution < -0.4 is 0 Å². The Hall–Kier alpha value is -7.79. The molecule has 2 aromatic heterocycles. The minimum atomic E-state index is 0.625. The van der Waals surface area contributed by atoms with E-state index in [2.05, 4.69) is 206 Å². The van der Waals surface area contributed by atoms with Crippen LogP contribution in [0.15, 0.2) is 224 Å². The Bertz CT molecular complexity index is 3340. The van der Waals surface area contributed by atoms with Crippen molar-refractivity contribution in [3.8, 4) is 89.8 Å². The topological polar surface area (TPSA) is 38.7 Å². The highest BCUT2D eigenvalue weighted by Crippen LogP contribution is 2.41. The molecule has 4 heteroatoms. The van der Waals surface area contributed by atoms with Crippen molar-refractivity contribution < 1.29 is 0 Å². The van der Waals surface area contributed by atoms with Crippen molar-refractivity contribution >= 4 is 31.5 Å². The van der Waals surface area contributed by atoms with E-state index >= 15 is 0 Å². The molecule has 0 spiro atoms. The molecule has 0 bridgehead atoms. The molecular weight excluding hydrogens is 759 g/mol. The Morgan fingerprint density at radius 1 is 0.246 bits per heavy atom. The number of benzene rings is 9. The quantitative estimate of drug-likeness (QED) is 0.154. The third-order valence-corrected chi connectivity index (χ3v) is 12.6. The van der Waals surface area contributed by atoms with Crippen LogP contribution in [0.4, 0.5) is 0 Å². The summed E-state index contributed by atoms with van der Waals surface area (Å²) in [5.74, 6) is 1.89. The van der Waals surface area contributed by atoms with Gasteiger partial charge < -0.3 is 0 Å². The van der Waals surface area contributed by atoms with E-state index in [-0.39, 0.29) is 0 Å². The second kappa shape index (κ2) is 15.8. The standard InChI is InChI=1S/C57H37N3S/c1-3-14-38(15-4-1)46-20-12-21-47(37-46)56-58-55(59-57(60-56)52-24-8-7-22-48(52)41-16-5-2-6-17-41)43-34-30-40(31-35-43)45-19-11-18-44(36-45)39-28-32-42(33-29-39)49-25-13-26-51-50-23-9-10-27-53(50)61-54(49)51/h1-37H. The van der Waals surface area contributed by atoms with Gasteiger partial charge in [0.2, 0.25) is 0 Å². The number of rotatable bonds is 8. The molecule has 3 nitrogen and oxygen atoms in total. The zero-order valence-electron chi connectivity index (χ0n) is 33.1. The minimum absolute atomic E-state index is 0.625. The first-order valence-electron chi connectivity index (χ1n) is 20.5. The maximum absolute atomic E-state index is 5.16. The molecule has 0 saturated heterocycles. The van der Waals surface area contributed by atoms with Gasteiger partial charge in [-0.3, -0.25) is 0 Å². The van der Waals surface area contributed by atoms with E-state index in [0.29, 0.717) is 17.5 Å². The van der Waals surface area contributed by atoms with Gasteiger partial charge in [-0.15, -0.1) is 11.3 Å². The lowest BCUT2D eigenvalue weighted by molar-refractivity contribution is 1.07. The van der Waals surface area contributed by atoms with Crippen LogP contribution in [0.5, 0.6) is 0 Å². The van der Waals surface area contributed by atoms with Crippen LogP contribution in [-0.4, -0.2) is 15.0 Å². The van der Waals surface area contributed by atoms with E-state index in [1.165, 1.54) is 42.4 Å². The van der Waals surface area contributed by atoms with Crippen LogP contribution in [0.3, 0.4) is 0 Å². The summed E-state index contributed by atoms with van der Waals surface area (Å²) < 4.78 is 2.66. The smallest absolute Gasteiger partial charge is 0.164 e. The van der Waals surface area contributed by atoms with E-state index in [0.717, 1.165) is 50.1 Å². The van der Waals surface area contributed by atoms with Gasteiger partial charge in [0.05, 0.1) is 0 Å². The second-order valence-electron chi connectivity index (χ2n) is 15.2. The molecule has 0 unspecified atom stereocenters. The summed E-state index contributed by atoms with van der Waals surface area (Å²) in [6.07, 6.45) is 0. The summed E-state index contributed by atoms with van der Waals surface area (Å²) in [5.41, 5.74) is 14.4. The van der Waals surface area contributed by atoms with Crippen LogP contribution in [0.25, 0.3) is 110 Å². The summed E-state index contributed by atoms with van der Waals surface area (Å²) >= 11 is 1.87. The lowest BCUT2D eigenvalue weighted by Gasteiger charge is -2.13. The van der Waals surface area contributed by atoms with Crippen molar-refractivity contribution in [1.29, 1.82) is 0 Å². The fourth-order valence-corrected chi connectivity index (χ4v) is 9.52. The van der Waals surface area contributed by atoms with E-state index in [1.54, 1.807) is 0 Å². The van der Waals surface area contributed by atoms with Gasteiger partial charge in [0.1, 0.15) is 0 Å². The van der Waals surface area contributed by atoms with E-state index < -0.39 is 0 Å². The van der Waals surface area contributed by atoms with E-state index in [9.17, 15) is 0 Å². The number of hydrogen-bond acceptors (Lipinski definition) is 4. The first-order valence-corrected chi connectivity index (χ1v) is 21.3. The van der Waals surface area contributed by atoms with Gasteiger partial charge in [-0.2, -0.15) is 0 Å². The van der Waals surface area contributed by atoms with E-state index in [4.69, 9.17) is 15.0 Å². The van der Waals surface area contributed by atoms with Gasteiger partial charge in [-0.25, -0.2) is 15.0 Å². The van der Waals surface area contributed by atoms with Crippen LogP contribution in [0.1, 0.15) is 0 Å². The summed E-state index contributed by atoms with van der Waals surface area (Å²) in [7, 11) is 0. The van der Waals surface area contributed by atoms with Crippen LogP contribution in [0.2, 0.25) is 0 Å². The minimum Gasteiger partial charge on any atom is -0.208 e. The molecule has 2 heterocycles. The number of fused-ring (bicyclic) bond motifs is 3. The van der Waals surface area contributed by atoms with Crippen molar-refractivity contribution in [2.24, 2.45) is 0 Å². The largest absolute Gasteiger partial charge is 0.208 e. The highest BCUT2D eigenvalue weighted by atomic mass is 32.1. The number of nitrogens with zero attached hydrogens (tertiary/aromatic N) is 3. The molecule has 0 N–H and O–H groups in total. The molecule has 0 fully saturated rings. The van der Waals surface area contributed by atoms with Gasteiger partial charge in [-0.1, -0.05) is 206 Å². The van der Waals surface area contributed by atoms with Crippen LogP contribution >= 0.6 is 11.3 Å². The van der Waals surface area contributed by atoms with Crippen LogP contribution in [-0.2, 0) is 0 Å². The van der Waals surface area contributed by atoms with E-state index in [1.807, 2.05) is 29.5 Å². The molecule has 11 aromatic rings. The predicted molar refractivity (Wildman–Crippen MR) is 256 cm³/mol. The highest BCUT2D eigenvalue weighted by Gasteiger charge is 2.17. The van der Waals surface area contributed by atoms with Crippen molar-refractivity contribution in [3.05, 3.63) is 224 Å². The molecule has 286 valence electrons. The van der Waals surface area contributed by atoms with Crippen LogP contribution in [0, 0.1) is 0 Å². The van der Waals surface area contributed by atoms with Gasteiger partial charge in [0.25, 0.3) is 0 Å². The molecule has 0 aliphatic heterocycles. The van der Waals surface area contributed by atoms with Crippen molar-refractivity contribution in [2.75, 3.05) is 0 Å². The molecular formula is C57H37N3S. The average Bonchev–Trinajstić information content (AvgIpc) is 3.74. The molecule has 11 rings (SSSR count). The zero-order valence-corrected chi connectivity index (χ0v) is 33.9. The van der Waals surface area contributed by atoms with Gasteiger partial charge >= 0.3 is 0 Å². The first-order chi connectivity index (χ1) is 30.2. The summed E-state index contributed by atoms with van der Waals surface area (Å²) in [6.45, 7) is 0. The Balaban J connectivity index is 0.932. The zero-order chi connectivity index (χ0) is 40.5. The fraction of sp³-hybridized carbons (Fsp3) is 0. The Labute approximate surface area is 359 Å². The molecule has 0 saturated carbocycles. The SMILES string of the molecule is c1ccc(-c2cccc(-c3nc(-c4ccc(-c5cccc(-c6ccc(-c7cccc8c7sc7ccccc78)cc6)c5)cc4)nc(-c4ccccc4-c4ccccc4)n3)c2)cc1. The Morgan fingerprint density at radius 3 is 1.34 bits per heavy atom. The Kier molecular flexibility index (Phi) is 9.38. The molecule has 0 amide bonds. The molecule has 9 aromatic carbocycles. The van der Waals surface area contributed by atoms with Gasteiger partial charge in [0, 0.05) is 36.9 Å². The fourth-order valence-electron chi connectivity index (χ4n) is 8.28. The van der Waals surface area contributed by atoms with Crippen molar-refractivity contribution in [3.63, 3.8) is 0 Å². The molecule has 0 aliphatic rings. The normalized spacial score (nSPS) is 11.3. The van der Waals surface area contributed by atoms with Crippen molar-refractivity contribution in [1.82, 2.24) is 15.0 Å². The summed E-state index contributed by atoms with van der Waals surface area (Å²) in [5, 5.41) is 2.64. The third kappa shape index (κ3) is 7.09. The molecule has 0 atom stereocenters. The number of hydrogen-bond donors (Lipinski definition) is 0. The molecule has 61 heavy (non-hydrogen) atoms. The van der Waals surface area contributed by atoms with Gasteiger partial charge in [0.15, 0.2) is 17.5 Å². The Morgan fingerprint density at radius 2 is 0.656 bits per heavy atom.